The van der Waals surface area contributed by atoms with Crippen LogP contribution in [0.4, 0.5) is 4.39 Å². The zero-order chi connectivity index (χ0) is 15.3. The summed E-state index contributed by atoms with van der Waals surface area (Å²) in [5.41, 5.74) is 1.11. The molecule has 3 nitrogen and oxygen atoms in total. The van der Waals surface area contributed by atoms with E-state index in [2.05, 4.69) is 5.32 Å². The Bertz CT molecular complexity index is 538. The van der Waals surface area contributed by atoms with Gasteiger partial charge < -0.3 is 5.32 Å². The van der Waals surface area contributed by atoms with Crippen LogP contribution >= 0.6 is 0 Å². The van der Waals surface area contributed by atoms with Gasteiger partial charge in [-0.1, -0.05) is 12.1 Å². The maximum atomic E-state index is 12.9. The van der Waals surface area contributed by atoms with E-state index in [0.29, 0.717) is 18.4 Å². The summed E-state index contributed by atoms with van der Waals surface area (Å²) >= 11 is 0. The van der Waals surface area contributed by atoms with Crippen LogP contribution in [0.25, 0.3) is 0 Å². The van der Waals surface area contributed by atoms with Gasteiger partial charge in [0.25, 0.3) is 0 Å². The molecule has 5 heteroatoms. The van der Waals surface area contributed by atoms with E-state index in [1.54, 1.807) is 0 Å². The Labute approximate surface area is 126 Å². The predicted octanol–water partition coefficient (Wildman–Crippen LogP) is 2.56. The Morgan fingerprint density at radius 1 is 1.29 bits per heavy atom. The van der Waals surface area contributed by atoms with Gasteiger partial charge in [0.15, 0.2) is 0 Å². The first-order chi connectivity index (χ1) is 9.92. The third-order valence-corrected chi connectivity index (χ3v) is 4.87. The van der Waals surface area contributed by atoms with E-state index in [9.17, 15) is 12.8 Å². The molecule has 118 valence electrons. The molecular formula is C16H24FNO2S. The van der Waals surface area contributed by atoms with Crippen LogP contribution < -0.4 is 5.32 Å². The maximum absolute atomic E-state index is 12.9. The van der Waals surface area contributed by atoms with Crippen LogP contribution in [0, 0.1) is 11.7 Å². The summed E-state index contributed by atoms with van der Waals surface area (Å²) in [6.07, 6.45) is 6.20. The Morgan fingerprint density at radius 2 is 1.95 bits per heavy atom. The van der Waals surface area contributed by atoms with Gasteiger partial charge in [-0.05, 0) is 62.3 Å². The Balaban J connectivity index is 1.85. The molecule has 0 heterocycles. The molecule has 0 radical (unpaired) electrons. The third-order valence-electron chi connectivity index (χ3n) is 3.84. The highest BCUT2D eigenvalue weighted by Crippen LogP contribution is 2.21. The summed E-state index contributed by atoms with van der Waals surface area (Å²) in [6, 6.07) is 7.25. The molecule has 0 amide bonds. The van der Waals surface area contributed by atoms with E-state index in [4.69, 9.17) is 0 Å². The number of hydrogen-bond acceptors (Lipinski definition) is 3. The second-order valence-electron chi connectivity index (χ2n) is 6.15. The lowest BCUT2D eigenvalue weighted by molar-refractivity contribution is 0.436. The van der Waals surface area contributed by atoms with Gasteiger partial charge in [0.2, 0.25) is 0 Å². The van der Waals surface area contributed by atoms with E-state index < -0.39 is 9.84 Å². The Kier molecular flexibility index (Phi) is 5.76. The molecule has 1 saturated carbocycles. The molecule has 0 spiro atoms. The molecule has 1 N–H and O–H groups in total. The third kappa shape index (κ3) is 7.05. The van der Waals surface area contributed by atoms with Crippen LogP contribution in [0.3, 0.4) is 0 Å². The Morgan fingerprint density at radius 3 is 2.52 bits per heavy atom. The first-order valence-electron chi connectivity index (χ1n) is 7.58. The zero-order valence-electron chi connectivity index (χ0n) is 12.5. The fourth-order valence-corrected chi connectivity index (χ4v) is 3.18. The van der Waals surface area contributed by atoms with Crippen LogP contribution in [0.2, 0.25) is 0 Å². The van der Waals surface area contributed by atoms with Crippen molar-refractivity contribution in [1.29, 1.82) is 0 Å². The first kappa shape index (κ1) is 16.4. The van der Waals surface area contributed by atoms with Crippen molar-refractivity contribution in [1.82, 2.24) is 5.32 Å². The number of nitrogens with one attached hydrogen (secondary N) is 1. The molecule has 1 fully saturated rings. The normalized spacial score (nSPS) is 16.9. The van der Waals surface area contributed by atoms with Crippen LogP contribution in [-0.4, -0.2) is 33.0 Å². The smallest absolute Gasteiger partial charge is 0.147 e. The standard InChI is InChI=1S/C16H24FNO2S/c1-21(19,20)10-2-3-14(12-18-16-8-9-16)11-13-4-6-15(17)7-5-13/h4-7,14,16,18H,2-3,8-12H2,1H3. The molecule has 1 atom stereocenters. The van der Waals surface area contributed by atoms with Crippen molar-refractivity contribution >= 4 is 9.84 Å². The fourth-order valence-electron chi connectivity index (χ4n) is 2.49. The predicted molar refractivity (Wildman–Crippen MR) is 83.6 cm³/mol. The fraction of sp³-hybridized carbons (Fsp3) is 0.625. The number of sulfone groups is 1. The van der Waals surface area contributed by atoms with E-state index in [1.165, 1.54) is 31.2 Å². The number of rotatable bonds is 9. The summed E-state index contributed by atoms with van der Waals surface area (Å²) < 4.78 is 35.4. The van der Waals surface area contributed by atoms with Gasteiger partial charge in [-0.3, -0.25) is 0 Å². The topological polar surface area (TPSA) is 46.2 Å². The van der Waals surface area contributed by atoms with Crippen molar-refractivity contribution in [2.24, 2.45) is 5.92 Å². The molecule has 0 saturated heterocycles. The van der Waals surface area contributed by atoms with Crippen molar-refractivity contribution < 1.29 is 12.8 Å². The van der Waals surface area contributed by atoms with Gasteiger partial charge in [-0.2, -0.15) is 0 Å². The molecule has 1 aliphatic rings. The van der Waals surface area contributed by atoms with Crippen LogP contribution in [0.15, 0.2) is 24.3 Å². The molecule has 0 aromatic heterocycles. The van der Waals surface area contributed by atoms with Crippen LogP contribution in [-0.2, 0) is 16.3 Å². The minimum absolute atomic E-state index is 0.219. The molecule has 1 unspecified atom stereocenters. The molecule has 21 heavy (non-hydrogen) atoms. The number of benzene rings is 1. The molecular weight excluding hydrogens is 289 g/mol. The van der Waals surface area contributed by atoms with Gasteiger partial charge >= 0.3 is 0 Å². The minimum Gasteiger partial charge on any atom is -0.314 e. The number of halogens is 1. The monoisotopic (exact) mass is 313 g/mol. The van der Waals surface area contributed by atoms with Crippen LogP contribution in [0.5, 0.6) is 0 Å². The van der Waals surface area contributed by atoms with Gasteiger partial charge in [-0.25, -0.2) is 12.8 Å². The van der Waals surface area contributed by atoms with Crippen molar-refractivity contribution in [3.8, 4) is 0 Å². The summed E-state index contributed by atoms with van der Waals surface area (Å²) in [5, 5.41) is 3.51. The molecule has 1 aliphatic carbocycles. The van der Waals surface area contributed by atoms with Gasteiger partial charge in [0, 0.05) is 18.1 Å². The van der Waals surface area contributed by atoms with E-state index in [0.717, 1.165) is 24.9 Å². The number of hydrogen-bond donors (Lipinski definition) is 1. The molecule has 1 aromatic carbocycles. The highest BCUT2D eigenvalue weighted by atomic mass is 32.2. The quantitative estimate of drug-likeness (QED) is 0.762. The van der Waals surface area contributed by atoms with Crippen molar-refractivity contribution in [2.75, 3.05) is 18.6 Å². The van der Waals surface area contributed by atoms with Crippen molar-refractivity contribution in [2.45, 2.75) is 38.1 Å². The maximum Gasteiger partial charge on any atom is 0.147 e. The van der Waals surface area contributed by atoms with Gasteiger partial charge in [0.1, 0.15) is 15.7 Å². The summed E-state index contributed by atoms with van der Waals surface area (Å²) in [6.45, 7) is 0.909. The summed E-state index contributed by atoms with van der Waals surface area (Å²) in [7, 11) is -2.89. The first-order valence-corrected chi connectivity index (χ1v) is 9.64. The highest BCUT2D eigenvalue weighted by Gasteiger charge is 2.22. The highest BCUT2D eigenvalue weighted by molar-refractivity contribution is 7.90. The molecule has 1 aromatic rings. The lowest BCUT2D eigenvalue weighted by Crippen LogP contribution is -2.26. The summed E-state index contributed by atoms with van der Waals surface area (Å²) in [5.74, 6) is 0.428. The van der Waals surface area contributed by atoms with E-state index >= 15 is 0 Å². The largest absolute Gasteiger partial charge is 0.314 e. The molecule has 2 rings (SSSR count). The van der Waals surface area contributed by atoms with Gasteiger partial charge in [0.05, 0.1) is 0 Å². The van der Waals surface area contributed by atoms with Crippen LogP contribution in [0.1, 0.15) is 31.2 Å². The minimum atomic E-state index is -2.89. The summed E-state index contributed by atoms with van der Waals surface area (Å²) in [4.78, 5) is 0. The zero-order valence-corrected chi connectivity index (χ0v) is 13.3. The lowest BCUT2D eigenvalue weighted by Gasteiger charge is -2.17. The molecule has 0 bridgehead atoms. The van der Waals surface area contributed by atoms with E-state index in [-0.39, 0.29) is 11.6 Å². The average Bonchev–Trinajstić information content (AvgIpc) is 3.21. The average molecular weight is 313 g/mol. The second kappa shape index (κ2) is 7.36. The SMILES string of the molecule is CS(=O)(=O)CCCC(CNC1CC1)Cc1ccc(F)cc1. The Hall–Kier alpha value is -0.940. The lowest BCUT2D eigenvalue weighted by atomic mass is 9.95. The van der Waals surface area contributed by atoms with Crippen molar-refractivity contribution in [3.05, 3.63) is 35.6 Å². The molecule has 0 aliphatic heterocycles. The van der Waals surface area contributed by atoms with Gasteiger partial charge in [-0.15, -0.1) is 0 Å². The van der Waals surface area contributed by atoms with E-state index in [1.807, 2.05) is 12.1 Å². The van der Waals surface area contributed by atoms with Crippen molar-refractivity contribution in [3.63, 3.8) is 0 Å². The second-order valence-corrected chi connectivity index (χ2v) is 8.41.